The molecule has 0 spiro atoms. The summed E-state index contributed by atoms with van der Waals surface area (Å²) in [6.45, 7) is 2.81. The van der Waals surface area contributed by atoms with Crippen LogP contribution < -0.4 is 0 Å². The first-order chi connectivity index (χ1) is 15.4. The lowest BCUT2D eigenvalue weighted by Crippen LogP contribution is -2.55. The average molecular weight is 459 g/mol. The molecule has 3 fully saturated rings. The summed E-state index contributed by atoms with van der Waals surface area (Å²) < 4.78 is 29.0. The Morgan fingerprint density at radius 2 is 1.59 bits per heavy atom. The van der Waals surface area contributed by atoms with E-state index >= 15 is 0 Å². The van der Waals surface area contributed by atoms with Gasteiger partial charge in [0.05, 0.1) is 0 Å². The van der Waals surface area contributed by atoms with Crippen molar-refractivity contribution in [3.05, 3.63) is 29.8 Å². The predicted octanol–water partition coefficient (Wildman–Crippen LogP) is 1.85. The van der Waals surface area contributed by atoms with E-state index in [-0.39, 0.29) is 16.7 Å². The number of rotatable bonds is 3. The van der Waals surface area contributed by atoms with E-state index in [4.69, 9.17) is 0 Å². The van der Waals surface area contributed by atoms with E-state index in [1.807, 2.05) is 14.7 Å². The molecule has 8 nitrogen and oxygen atoms in total. The molecule has 0 unspecified atom stereocenters. The molecule has 1 atom stereocenters. The van der Waals surface area contributed by atoms with Gasteiger partial charge in [-0.3, -0.25) is 9.59 Å². The molecule has 9 heteroatoms. The van der Waals surface area contributed by atoms with Crippen molar-refractivity contribution in [1.29, 1.82) is 0 Å². The maximum absolute atomic E-state index is 13.4. The Balaban J connectivity index is 1.24. The van der Waals surface area contributed by atoms with Gasteiger partial charge in [0.25, 0.3) is 10.0 Å². The van der Waals surface area contributed by atoms with Crippen molar-refractivity contribution >= 4 is 27.7 Å². The number of benzene rings is 1. The van der Waals surface area contributed by atoms with Crippen LogP contribution in [-0.4, -0.2) is 79.5 Å². The third-order valence-corrected chi connectivity index (χ3v) is 8.63. The second-order valence-electron chi connectivity index (χ2n) is 9.30. The number of hydrogen-bond donors (Lipinski definition) is 0. The highest BCUT2D eigenvalue weighted by Crippen LogP contribution is 2.32. The van der Waals surface area contributed by atoms with E-state index in [9.17, 15) is 18.0 Å². The standard InChI is InChI=1S/C23H30N4O4S/c28-21(16-17-6-1-2-7-17)25-12-14-26(15-13-25)23(29)19-9-5-11-27(19)22-18-8-3-4-10-20(18)32(30,31)24-22/h3-4,8,10,17,19H,1-2,5-7,9,11-16H2/t19-/m0/s1. The lowest BCUT2D eigenvalue weighted by molar-refractivity contribution is -0.142. The first-order valence-corrected chi connectivity index (χ1v) is 13.2. The van der Waals surface area contributed by atoms with Gasteiger partial charge in [-0.15, -0.1) is 4.40 Å². The molecule has 0 aromatic heterocycles. The first kappa shape index (κ1) is 21.4. The fourth-order valence-corrected chi connectivity index (χ4v) is 6.77. The van der Waals surface area contributed by atoms with Crippen LogP contribution in [0.25, 0.3) is 0 Å². The molecule has 1 aromatic rings. The van der Waals surface area contributed by atoms with Crippen molar-refractivity contribution in [1.82, 2.24) is 14.7 Å². The zero-order chi connectivity index (χ0) is 22.3. The van der Waals surface area contributed by atoms with E-state index in [0.29, 0.717) is 62.9 Å². The molecule has 2 amide bonds. The van der Waals surface area contributed by atoms with E-state index in [0.717, 1.165) is 19.3 Å². The number of sulfonamides is 1. The number of likely N-dealkylation sites (tertiary alicyclic amines) is 1. The molecule has 0 N–H and O–H groups in total. The van der Waals surface area contributed by atoms with Crippen LogP contribution in [0.5, 0.6) is 0 Å². The topological polar surface area (TPSA) is 90.4 Å². The number of amidine groups is 1. The Morgan fingerprint density at radius 1 is 0.906 bits per heavy atom. The van der Waals surface area contributed by atoms with Crippen LogP contribution in [0.2, 0.25) is 0 Å². The Labute approximate surface area is 189 Å². The Bertz CT molecular complexity index is 1040. The highest BCUT2D eigenvalue weighted by Gasteiger charge is 2.41. The summed E-state index contributed by atoms with van der Waals surface area (Å²) in [5.74, 6) is 1.14. The molecule has 1 aliphatic carbocycles. The number of fused-ring (bicyclic) bond motifs is 1. The summed E-state index contributed by atoms with van der Waals surface area (Å²) in [5.41, 5.74) is 0.578. The van der Waals surface area contributed by atoms with E-state index < -0.39 is 16.1 Å². The summed E-state index contributed by atoms with van der Waals surface area (Å²) in [6.07, 6.45) is 6.91. The maximum atomic E-state index is 13.4. The van der Waals surface area contributed by atoms with Crippen molar-refractivity contribution in [3.63, 3.8) is 0 Å². The lowest BCUT2D eigenvalue weighted by atomic mass is 10.0. The zero-order valence-electron chi connectivity index (χ0n) is 18.3. The SMILES string of the molecule is O=C(CC1CCCC1)N1CCN(C(=O)[C@@H]2CCCN2C2=NS(=O)(=O)c3ccccc32)CC1. The van der Waals surface area contributed by atoms with Crippen LogP contribution in [0, 0.1) is 5.92 Å². The van der Waals surface area contributed by atoms with Crippen LogP contribution in [0.1, 0.15) is 50.5 Å². The summed E-state index contributed by atoms with van der Waals surface area (Å²) in [5, 5.41) is 0. The molecule has 1 saturated carbocycles. The van der Waals surface area contributed by atoms with Gasteiger partial charge >= 0.3 is 0 Å². The highest BCUT2D eigenvalue weighted by atomic mass is 32.2. The molecule has 4 aliphatic rings. The minimum atomic E-state index is -3.72. The van der Waals surface area contributed by atoms with Gasteiger partial charge in [0.15, 0.2) is 5.84 Å². The minimum absolute atomic E-state index is 0.00914. The lowest BCUT2D eigenvalue weighted by Gasteiger charge is -2.38. The number of nitrogens with zero attached hydrogens (tertiary/aromatic N) is 4. The summed E-state index contributed by atoms with van der Waals surface area (Å²) >= 11 is 0. The average Bonchev–Trinajstić information content (AvgIpc) is 3.53. The van der Waals surface area contributed by atoms with Gasteiger partial charge in [-0.1, -0.05) is 25.0 Å². The number of carbonyl (C=O) groups is 2. The van der Waals surface area contributed by atoms with Gasteiger partial charge in [-0.25, -0.2) is 0 Å². The number of piperazine rings is 1. The number of hydrogen-bond acceptors (Lipinski definition) is 5. The Kier molecular flexibility index (Phi) is 5.69. The quantitative estimate of drug-likeness (QED) is 0.690. The van der Waals surface area contributed by atoms with Gasteiger partial charge in [0.2, 0.25) is 11.8 Å². The number of amides is 2. The molecule has 0 radical (unpaired) electrons. The fourth-order valence-electron chi connectivity index (χ4n) is 5.55. The van der Waals surface area contributed by atoms with E-state index in [1.54, 1.807) is 24.3 Å². The first-order valence-electron chi connectivity index (χ1n) is 11.7. The molecule has 2 saturated heterocycles. The summed E-state index contributed by atoms with van der Waals surface area (Å²) in [6, 6.07) is 6.40. The second kappa shape index (κ2) is 8.50. The van der Waals surface area contributed by atoms with Crippen molar-refractivity contribution < 1.29 is 18.0 Å². The van der Waals surface area contributed by atoms with Crippen LogP contribution in [-0.2, 0) is 19.6 Å². The zero-order valence-corrected chi connectivity index (χ0v) is 19.1. The van der Waals surface area contributed by atoms with Gasteiger partial charge in [-0.05, 0) is 43.7 Å². The molecular formula is C23H30N4O4S. The van der Waals surface area contributed by atoms with Crippen molar-refractivity contribution in [2.24, 2.45) is 10.3 Å². The van der Waals surface area contributed by atoms with Crippen LogP contribution in [0.3, 0.4) is 0 Å². The van der Waals surface area contributed by atoms with Gasteiger partial charge in [0.1, 0.15) is 10.9 Å². The Hall–Kier alpha value is -2.42. The monoisotopic (exact) mass is 458 g/mol. The van der Waals surface area contributed by atoms with Crippen molar-refractivity contribution in [3.8, 4) is 0 Å². The molecule has 5 rings (SSSR count). The predicted molar refractivity (Wildman–Crippen MR) is 120 cm³/mol. The van der Waals surface area contributed by atoms with Crippen molar-refractivity contribution in [2.75, 3.05) is 32.7 Å². The van der Waals surface area contributed by atoms with Crippen LogP contribution >= 0.6 is 0 Å². The van der Waals surface area contributed by atoms with Crippen molar-refractivity contribution in [2.45, 2.75) is 55.9 Å². The summed E-state index contributed by atoms with van der Waals surface area (Å²) in [7, 11) is -3.72. The summed E-state index contributed by atoms with van der Waals surface area (Å²) in [4.78, 5) is 31.8. The molecular weight excluding hydrogens is 428 g/mol. The minimum Gasteiger partial charge on any atom is -0.343 e. The second-order valence-corrected chi connectivity index (χ2v) is 10.9. The molecule has 3 aliphatic heterocycles. The smallest absolute Gasteiger partial charge is 0.285 e. The highest BCUT2D eigenvalue weighted by molar-refractivity contribution is 7.90. The normalized spacial score (nSPS) is 25.2. The van der Waals surface area contributed by atoms with Crippen LogP contribution in [0.4, 0.5) is 0 Å². The molecule has 32 heavy (non-hydrogen) atoms. The van der Waals surface area contributed by atoms with E-state index in [2.05, 4.69) is 4.40 Å². The Morgan fingerprint density at radius 3 is 2.34 bits per heavy atom. The number of carbonyl (C=O) groups excluding carboxylic acids is 2. The maximum Gasteiger partial charge on any atom is 0.285 e. The fraction of sp³-hybridized carbons (Fsp3) is 0.609. The van der Waals surface area contributed by atoms with Gasteiger partial charge in [0, 0.05) is 44.7 Å². The van der Waals surface area contributed by atoms with Crippen LogP contribution in [0.15, 0.2) is 33.6 Å². The third-order valence-electron chi connectivity index (χ3n) is 7.30. The molecule has 1 aromatic carbocycles. The molecule has 0 bridgehead atoms. The van der Waals surface area contributed by atoms with Gasteiger partial charge < -0.3 is 14.7 Å². The third kappa shape index (κ3) is 3.91. The largest absolute Gasteiger partial charge is 0.343 e. The van der Waals surface area contributed by atoms with Gasteiger partial charge in [-0.2, -0.15) is 8.42 Å². The molecule has 3 heterocycles. The molecule has 172 valence electrons. The van der Waals surface area contributed by atoms with E-state index in [1.165, 1.54) is 12.8 Å².